The number of nitrogens with one attached hydrogen (secondary N) is 1. The number of amides is 1. The van der Waals surface area contributed by atoms with E-state index in [1.165, 1.54) is 29.4 Å². The zero-order valence-electron chi connectivity index (χ0n) is 10.6. The Hall–Kier alpha value is -2.30. The highest BCUT2D eigenvalue weighted by atomic mass is 16.2. The van der Waals surface area contributed by atoms with Crippen LogP contribution in [-0.2, 0) is 0 Å². The van der Waals surface area contributed by atoms with Crippen molar-refractivity contribution in [3.05, 3.63) is 43.0 Å². The molecule has 0 unspecified atom stereocenters. The minimum Gasteiger partial charge on any atom is -0.372 e. The van der Waals surface area contributed by atoms with Gasteiger partial charge in [-0.15, -0.1) is 0 Å². The van der Waals surface area contributed by atoms with Crippen LogP contribution in [0, 0.1) is 0 Å². The van der Waals surface area contributed by atoms with Crippen LogP contribution in [0.5, 0.6) is 0 Å². The van der Waals surface area contributed by atoms with Gasteiger partial charge in [0.05, 0.1) is 0 Å². The second-order valence-corrected chi connectivity index (χ2v) is 4.64. The van der Waals surface area contributed by atoms with Gasteiger partial charge < -0.3 is 10.2 Å². The molecule has 1 N–H and O–H groups in total. The molecule has 3 rings (SSSR count). The third-order valence-corrected chi connectivity index (χ3v) is 3.33. The number of imidazole rings is 1. The molecule has 0 bridgehead atoms. The van der Waals surface area contributed by atoms with E-state index in [0.717, 1.165) is 18.8 Å². The van der Waals surface area contributed by atoms with Crippen molar-refractivity contribution in [1.82, 2.24) is 9.55 Å². The zero-order chi connectivity index (χ0) is 13.1. The highest BCUT2D eigenvalue weighted by Gasteiger charge is 2.12. The SMILES string of the molecule is O=C(Nc1ccc(N2CCCC2)cc1)n1ccnc1. The van der Waals surface area contributed by atoms with Crippen LogP contribution in [0.4, 0.5) is 16.2 Å². The molecular weight excluding hydrogens is 240 g/mol. The Morgan fingerprint density at radius 3 is 2.53 bits per heavy atom. The Balaban J connectivity index is 1.67. The molecule has 1 saturated heterocycles. The summed E-state index contributed by atoms with van der Waals surface area (Å²) in [7, 11) is 0. The molecule has 5 heteroatoms. The fourth-order valence-electron chi connectivity index (χ4n) is 2.30. The first-order chi connectivity index (χ1) is 9.33. The van der Waals surface area contributed by atoms with Crippen molar-refractivity contribution < 1.29 is 4.79 Å². The minimum absolute atomic E-state index is 0.202. The van der Waals surface area contributed by atoms with Crippen LogP contribution in [0.2, 0.25) is 0 Å². The fraction of sp³-hybridized carbons (Fsp3) is 0.286. The minimum atomic E-state index is -0.202. The summed E-state index contributed by atoms with van der Waals surface area (Å²) in [6.07, 6.45) is 7.20. The number of carbonyl (C=O) groups is 1. The maximum absolute atomic E-state index is 11.8. The predicted molar refractivity (Wildman–Crippen MR) is 74.5 cm³/mol. The molecule has 0 aliphatic carbocycles. The van der Waals surface area contributed by atoms with Crippen LogP contribution < -0.4 is 10.2 Å². The molecular formula is C14H16N4O. The average molecular weight is 256 g/mol. The van der Waals surface area contributed by atoms with Gasteiger partial charge in [0, 0.05) is 36.9 Å². The molecule has 5 nitrogen and oxygen atoms in total. The molecule has 1 aliphatic rings. The summed E-state index contributed by atoms with van der Waals surface area (Å²) >= 11 is 0. The largest absolute Gasteiger partial charge is 0.372 e. The van der Waals surface area contributed by atoms with Crippen molar-refractivity contribution in [3.63, 3.8) is 0 Å². The molecule has 1 aromatic carbocycles. The van der Waals surface area contributed by atoms with Gasteiger partial charge in [-0.05, 0) is 37.1 Å². The van der Waals surface area contributed by atoms with E-state index in [0.29, 0.717) is 0 Å². The van der Waals surface area contributed by atoms with E-state index in [1.807, 2.05) is 12.1 Å². The zero-order valence-corrected chi connectivity index (χ0v) is 10.6. The van der Waals surface area contributed by atoms with Gasteiger partial charge in [-0.1, -0.05) is 0 Å². The molecule has 1 amide bonds. The van der Waals surface area contributed by atoms with Crippen LogP contribution in [0.25, 0.3) is 0 Å². The summed E-state index contributed by atoms with van der Waals surface area (Å²) in [4.78, 5) is 18.0. The molecule has 1 aliphatic heterocycles. The second kappa shape index (κ2) is 5.14. The highest BCUT2D eigenvalue weighted by molar-refractivity contribution is 5.91. The normalized spacial score (nSPS) is 14.6. The molecule has 0 spiro atoms. The van der Waals surface area contributed by atoms with Gasteiger partial charge in [0.15, 0.2) is 0 Å². The van der Waals surface area contributed by atoms with Crippen LogP contribution in [0.1, 0.15) is 12.8 Å². The molecule has 1 fully saturated rings. The Bertz CT molecular complexity index is 541. The average Bonchev–Trinajstić information content (AvgIpc) is 3.13. The lowest BCUT2D eigenvalue weighted by molar-refractivity contribution is 0.253. The van der Waals surface area contributed by atoms with E-state index in [1.54, 1.807) is 12.4 Å². The van der Waals surface area contributed by atoms with Crippen LogP contribution in [0.15, 0.2) is 43.0 Å². The molecule has 0 atom stereocenters. The Labute approximate surface area is 111 Å². The van der Waals surface area contributed by atoms with Gasteiger partial charge in [-0.2, -0.15) is 0 Å². The number of hydrogen-bond acceptors (Lipinski definition) is 3. The van der Waals surface area contributed by atoms with Crippen LogP contribution >= 0.6 is 0 Å². The predicted octanol–water partition coefficient (Wildman–Crippen LogP) is 2.56. The van der Waals surface area contributed by atoms with Crippen molar-refractivity contribution in [1.29, 1.82) is 0 Å². The van der Waals surface area contributed by atoms with E-state index in [4.69, 9.17) is 0 Å². The van der Waals surface area contributed by atoms with Gasteiger partial charge in [-0.3, -0.25) is 4.57 Å². The Morgan fingerprint density at radius 2 is 1.89 bits per heavy atom. The van der Waals surface area contributed by atoms with Crippen LogP contribution in [-0.4, -0.2) is 28.7 Å². The molecule has 0 saturated carbocycles. The summed E-state index contributed by atoms with van der Waals surface area (Å²) in [6, 6.07) is 7.76. The van der Waals surface area contributed by atoms with Gasteiger partial charge in [0.2, 0.25) is 0 Å². The maximum Gasteiger partial charge on any atom is 0.331 e. The van der Waals surface area contributed by atoms with Gasteiger partial charge >= 0.3 is 6.03 Å². The van der Waals surface area contributed by atoms with Gasteiger partial charge in [0.1, 0.15) is 6.33 Å². The molecule has 98 valence electrons. The molecule has 19 heavy (non-hydrogen) atoms. The molecule has 1 aromatic heterocycles. The lowest BCUT2D eigenvalue weighted by Crippen LogP contribution is -2.19. The van der Waals surface area contributed by atoms with E-state index in [2.05, 4.69) is 27.3 Å². The summed E-state index contributed by atoms with van der Waals surface area (Å²) in [6.45, 7) is 2.25. The smallest absolute Gasteiger partial charge is 0.331 e. The number of hydrogen-bond donors (Lipinski definition) is 1. The molecule has 2 heterocycles. The number of rotatable bonds is 2. The Kier molecular flexibility index (Phi) is 3.18. The van der Waals surface area contributed by atoms with E-state index in [9.17, 15) is 4.79 Å². The monoisotopic (exact) mass is 256 g/mol. The van der Waals surface area contributed by atoms with Crippen LogP contribution in [0.3, 0.4) is 0 Å². The number of nitrogens with zero attached hydrogens (tertiary/aromatic N) is 3. The Morgan fingerprint density at radius 1 is 1.16 bits per heavy atom. The maximum atomic E-state index is 11.8. The molecule has 0 radical (unpaired) electrons. The summed E-state index contributed by atoms with van der Waals surface area (Å²) in [5, 5.41) is 2.83. The van der Waals surface area contributed by atoms with Crippen molar-refractivity contribution in [2.45, 2.75) is 12.8 Å². The quantitative estimate of drug-likeness (QED) is 0.898. The summed E-state index contributed by atoms with van der Waals surface area (Å²) < 4.78 is 1.41. The number of aromatic nitrogens is 2. The van der Waals surface area contributed by atoms with E-state index in [-0.39, 0.29) is 6.03 Å². The lowest BCUT2D eigenvalue weighted by atomic mass is 10.2. The standard InChI is InChI=1S/C14H16N4O/c19-14(18-10-7-15-11-18)16-12-3-5-13(6-4-12)17-8-1-2-9-17/h3-7,10-11H,1-2,8-9H2,(H,16,19). The van der Waals surface area contributed by atoms with Crippen molar-refractivity contribution in [2.75, 3.05) is 23.3 Å². The topological polar surface area (TPSA) is 50.2 Å². The fourth-order valence-corrected chi connectivity index (χ4v) is 2.30. The summed E-state index contributed by atoms with van der Waals surface area (Å²) in [5.41, 5.74) is 2.01. The van der Waals surface area contributed by atoms with Crippen molar-refractivity contribution >= 4 is 17.4 Å². The highest BCUT2D eigenvalue weighted by Crippen LogP contribution is 2.22. The summed E-state index contributed by atoms with van der Waals surface area (Å²) in [5.74, 6) is 0. The second-order valence-electron chi connectivity index (χ2n) is 4.64. The van der Waals surface area contributed by atoms with Crippen molar-refractivity contribution in [3.8, 4) is 0 Å². The lowest BCUT2D eigenvalue weighted by Gasteiger charge is -2.17. The number of benzene rings is 1. The third kappa shape index (κ3) is 2.59. The first kappa shape index (κ1) is 11.8. The third-order valence-electron chi connectivity index (χ3n) is 3.33. The molecule has 2 aromatic rings. The number of carbonyl (C=O) groups excluding carboxylic acids is 1. The van der Waals surface area contributed by atoms with Gasteiger partial charge in [-0.25, -0.2) is 9.78 Å². The number of anilines is 2. The first-order valence-corrected chi connectivity index (χ1v) is 6.47. The van der Waals surface area contributed by atoms with E-state index >= 15 is 0 Å². The van der Waals surface area contributed by atoms with Crippen molar-refractivity contribution in [2.24, 2.45) is 0 Å². The van der Waals surface area contributed by atoms with E-state index < -0.39 is 0 Å². The first-order valence-electron chi connectivity index (χ1n) is 6.47. The van der Waals surface area contributed by atoms with Gasteiger partial charge in [0.25, 0.3) is 0 Å².